The molecule has 0 radical (unpaired) electrons. The van der Waals surface area contributed by atoms with Crippen molar-refractivity contribution >= 4 is 0 Å². The maximum absolute atomic E-state index is 8.83. The molecule has 0 aliphatic heterocycles. The predicted molar refractivity (Wildman–Crippen MR) is 68.3 cm³/mol. The normalized spacial score (nSPS) is 12.5. The van der Waals surface area contributed by atoms with Crippen LogP contribution in [-0.4, -0.2) is 29.8 Å². The first-order valence-electron chi connectivity index (χ1n) is 5.93. The van der Waals surface area contributed by atoms with Crippen molar-refractivity contribution in [2.75, 3.05) is 13.7 Å². The summed E-state index contributed by atoms with van der Waals surface area (Å²) in [5.41, 5.74) is 3.13. The Balaban J connectivity index is 2.72. The lowest BCUT2D eigenvalue weighted by atomic mass is 10.1. The SMILES string of the molecule is COc1c(C)cnc(CNC(C)CCO)c1C. The Morgan fingerprint density at radius 1 is 1.47 bits per heavy atom. The van der Waals surface area contributed by atoms with Crippen molar-refractivity contribution < 1.29 is 9.84 Å². The van der Waals surface area contributed by atoms with Gasteiger partial charge in [-0.3, -0.25) is 4.98 Å². The van der Waals surface area contributed by atoms with Crippen LogP contribution in [-0.2, 0) is 6.54 Å². The summed E-state index contributed by atoms with van der Waals surface area (Å²) in [5.74, 6) is 0.909. The van der Waals surface area contributed by atoms with Crippen LogP contribution >= 0.6 is 0 Å². The number of pyridine rings is 1. The van der Waals surface area contributed by atoms with Crippen molar-refractivity contribution in [3.8, 4) is 5.75 Å². The highest BCUT2D eigenvalue weighted by atomic mass is 16.5. The maximum Gasteiger partial charge on any atom is 0.128 e. The van der Waals surface area contributed by atoms with Crippen LogP contribution in [0.3, 0.4) is 0 Å². The summed E-state index contributed by atoms with van der Waals surface area (Å²) in [6.07, 6.45) is 2.58. The van der Waals surface area contributed by atoms with Crippen LogP contribution in [0, 0.1) is 13.8 Å². The summed E-state index contributed by atoms with van der Waals surface area (Å²) in [4.78, 5) is 4.41. The van der Waals surface area contributed by atoms with Gasteiger partial charge in [0.25, 0.3) is 0 Å². The van der Waals surface area contributed by atoms with Gasteiger partial charge in [0.1, 0.15) is 5.75 Å². The minimum atomic E-state index is 0.206. The minimum Gasteiger partial charge on any atom is -0.496 e. The van der Waals surface area contributed by atoms with Crippen molar-refractivity contribution in [3.63, 3.8) is 0 Å². The molecule has 17 heavy (non-hydrogen) atoms. The summed E-state index contributed by atoms with van der Waals surface area (Å²) in [5, 5.41) is 12.2. The van der Waals surface area contributed by atoms with Gasteiger partial charge in [0.05, 0.1) is 12.8 Å². The van der Waals surface area contributed by atoms with Crippen molar-refractivity contribution in [2.45, 2.75) is 39.8 Å². The molecule has 0 aliphatic rings. The summed E-state index contributed by atoms with van der Waals surface area (Å²) in [7, 11) is 1.68. The van der Waals surface area contributed by atoms with Crippen molar-refractivity contribution in [1.82, 2.24) is 10.3 Å². The van der Waals surface area contributed by atoms with Gasteiger partial charge in [0, 0.05) is 36.5 Å². The number of aromatic nitrogens is 1. The zero-order valence-electron chi connectivity index (χ0n) is 11.1. The van der Waals surface area contributed by atoms with Gasteiger partial charge in [0.2, 0.25) is 0 Å². The molecule has 1 aromatic rings. The lowest BCUT2D eigenvalue weighted by molar-refractivity contribution is 0.268. The average Bonchev–Trinajstić information content (AvgIpc) is 2.29. The molecule has 1 rings (SSSR count). The zero-order valence-corrected chi connectivity index (χ0v) is 11.1. The fourth-order valence-corrected chi connectivity index (χ4v) is 1.82. The Morgan fingerprint density at radius 3 is 2.76 bits per heavy atom. The van der Waals surface area contributed by atoms with Gasteiger partial charge in [-0.25, -0.2) is 0 Å². The fraction of sp³-hybridized carbons (Fsp3) is 0.615. The van der Waals surface area contributed by atoms with E-state index in [0.717, 1.165) is 29.0 Å². The molecule has 0 spiro atoms. The second kappa shape index (κ2) is 6.57. The van der Waals surface area contributed by atoms with Crippen LogP contribution in [0.5, 0.6) is 5.75 Å². The highest BCUT2D eigenvalue weighted by Gasteiger charge is 2.10. The monoisotopic (exact) mass is 238 g/mol. The number of aliphatic hydroxyl groups excluding tert-OH is 1. The van der Waals surface area contributed by atoms with E-state index in [-0.39, 0.29) is 12.6 Å². The third-order valence-corrected chi connectivity index (χ3v) is 2.93. The standard InChI is InChI=1S/C13H22N2O2/c1-9-7-15-12(11(3)13(9)17-4)8-14-10(2)5-6-16/h7,10,14,16H,5-6,8H2,1-4H3. The van der Waals surface area contributed by atoms with Gasteiger partial charge < -0.3 is 15.2 Å². The number of methoxy groups -OCH3 is 1. The molecule has 0 aliphatic carbocycles. The number of hydrogen-bond acceptors (Lipinski definition) is 4. The maximum atomic E-state index is 8.83. The Hall–Kier alpha value is -1.13. The van der Waals surface area contributed by atoms with E-state index in [0.29, 0.717) is 6.54 Å². The number of hydrogen-bond donors (Lipinski definition) is 2. The van der Waals surface area contributed by atoms with Crippen LogP contribution in [0.2, 0.25) is 0 Å². The lowest BCUT2D eigenvalue weighted by Gasteiger charge is -2.15. The lowest BCUT2D eigenvalue weighted by Crippen LogP contribution is -2.27. The van der Waals surface area contributed by atoms with Crippen LogP contribution in [0.15, 0.2) is 6.20 Å². The first kappa shape index (κ1) is 13.9. The molecule has 0 bridgehead atoms. The van der Waals surface area contributed by atoms with Gasteiger partial charge in [-0.15, -0.1) is 0 Å². The number of aryl methyl sites for hydroxylation is 1. The summed E-state index contributed by atoms with van der Waals surface area (Å²) in [6.45, 7) is 6.97. The Bertz CT molecular complexity index is 367. The molecular weight excluding hydrogens is 216 g/mol. The number of rotatable bonds is 6. The third-order valence-electron chi connectivity index (χ3n) is 2.93. The second-order valence-corrected chi connectivity index (χ2v) is 4.34. The summed E-state index contributed by atoms with van der Waals surface area (Å²) in [6, 6.07) is 0.286. The number of nitrogens with zero attached hydrogens (tertiary/aromatic N) is 1. The molecule has 1 atom stereocenters. The highest BCUT2D eigenvalue weighted by molar-refractivity contribution is 5.40. The predicted octanol–water partition coefficient (Wildman–Crippen LogP) is 1.57. The number of aliphatic hydroxyl groups is 1. The van der Waals surface area contributed by atoms with E-state index in [4.69, 9.17) is 9.84 Å². The minimum absolute atomic E-state index is 0.206. The van der Waals surface area contributed by atoms with E-state index >= 15 is 0 Å². The van der Waals surface area contributed by atoms with Gasteiger partial charge in [-0.05, 0) is 27.2 Å². The van der Waals surface area contributed by atoms with E-state index in [1.165, 1.54) is 0 Å². The molecule has 1 unspecified atom stereocenters. The van der Waals surface area contributed by atoms with Crippen molar-refractivity contribution in [2.24, 2.45) is 0 Å². The van der Waals surface area contributed by atoms with Crippen LogP contribution in [0.1, 0.15) is 30.2 Å². The second-order valence-electron chi connectivity index (χ2n) is 4.34. The first-order valence-corrected chi connectivity index (χ1v) is 5.93. The van der Waals surface area contributed by atoms with Crippen LogP contribution in [0.25, 0.3) is 0 Å². The van der Waals surface area contributed by atoms with Gasteiger partial charge in [0.15, 0.2) is 0 Å². The first-order chi connectivity index (χ1) is 8.10. The quantitative estimate of drug-likeness (QED) is 0.790. The van der Waals surface area contributed by atoms with E-state index in [9.17, 15) is 0 Å². The molecule has 4 heteroatoms. The molecule has 96 valence electrons. The Labute approximate surface area is 103 Å². The smallest absolute Gasteiger partial charge is 0.128 e. The van der Waals surface area contributed by atoms with Crippen LogP contribution in [0.4, 0.5) is 0 Å². The molecule has 0 amide bonds. The topological polar surface area (TPSA) is 54.4 Å². The van der Waals surface area contributed by atoms with E-state index in [2.05, 4.69) is 17.2 Å². The highest BCUT2D eigenvalue weighted by Crippen LogP contribution is 2.23. The van der Waals surface area contributed by atoms with Crippen molar-refractivity contribution in [1.29, 1.82) is 0 Å². The molecule has 1 heterocycles. The van der Waals surface area contributed by atoms with E-state index in [1.807, 2.05) is 20.0 Å². The Morgan fingerprint density at radius 2 is 2.18 bits per heavy atom. The van der Waals surface area contributed by atoms with E-state index in [1.54, 1.807) is 7.11 Å². The Kier molecular flexibility index (Phi) is 5.38. The number of ether oxygens (including phenoxy) is 1. The van der Waals surface area contributed by atoms with Crippen LogP contribution < -0.4 is 10.1 Å². The molecular formula is C13H22N2O2. The molecule has 1 aromatic heterocycles. The average molecular weight is 238 g/mol. The molecule has 4 nitrogen and oxygen atoms in total. The molecule has 0 saturated carbocycles. The fourth-order valence-electron chi connectivity index (χ4n) is 1.82. The molecule has 0 fully saturated rings. The zero-order chi connectivity index (χ0) is 12.8. The molecule has 0 aromatic carbocycles. The molecule has 2 N–H and O–H groups in total. The van der Waals surface area contributed by atoms with Gasteiger partial charge in [-0.2, -0.15) is 0 Å². The third kappa shape index (κ3) is 3.68. The summed E-state index contributed by atoms with van der Waals surface area (Å²) < 4.78 is 5.36. The van der Waals surface area contributed by atoms with Gasteiger partial charge in [-0.1, -0.05) is 0 Å². The largest absolute Gasteiger partial charge is 0.496 e. The van der Waals surface area contributed by atoms with Crippen molar-refractivity contribution in [3.05, 3.63) is 23.0 Å². The van der Waals surface area contributed by atoms with Gasteiger partial charge >= 0.3 is 0 Å². The van der Waals surface area contributed by atoms with E-state index < -0.39 is 0 Å². The molecule has 0 saturated heterocycles. The number of nitrogens with one attached hydrogen (secondary N) is 1. The summed E-state index contributed by atoms with van der Waals surface area (Å²) >= 11 is 0.